The Hall–Kier alpha value is -2.37. The largest absolute Gasteiger partial charge is 0.346 e. The Morgan fingerprint density at radius 1 is 1.32 bits per heavy atom. The third-order valence-corrected chi connectivity index (χ3v) is 4.37. The lowest BCUT2D eigenvalue weighted by Crippen LogP contribution is -2.36. The molecule has 3 rings (SSSR count). The monoisotopic (exact) mass is 356 g/mol. The molecule has 0 aliphatic rings. The van der Waals surface area contributed by atoms with Crippen molar-refractivity contribution in [2.24, 2.45) is 11.7 Å². The van der Waals surface area contributed by atoms with E-state index in [4.69, 9.17) is 17.3 Å². The molecule has 0 bridgehead atoms. The molecule has 0 spiro atoms. The molecule has 6 heteroatoms. The SMILES string of the molecule is CC(C)C[C@@H](N)C(=O)Nc1ccc(-c2ccnc3[nH]ccc23)cc1Cl. The molecule has 2 aromatic heterocycles. The van der Waals surface area contributed by atoms with Crippen LogP contribution in [0.5, 0.6) is 0 Å². The van der Waals surface area contributed by atoms with Crippen molar-refractivity contribution in [2.45, 2.75) is 26.3 Å². The van der Waals surface area contributed by atoms with Crippen molar-refractivity contribution < 1.29 is 4.79 Å². The van der Waals surface area contributed by atoms with Gasteiger partial charge in [0.25, 0.3) is 0 Å². The first kappa shape index (κ1) is 17.5. The predicted octanol–water partition coefficient (Wildman–Crippen LogP) is 4.20. The number of anilines is 1. The number of aromatic amines is 1. The number of halogens is 1. The van der Waals surface area contributed by atoms with E-state index >= 15 is 0 Å². The summed E-state index contributed by atoms with van der Waals surface area (Å²) < 4.78 is 0. The average molecular weight is 357 g/mol. The summed E-state index contributed by atoms with van der Waals surface area (Å²) in [7, 11) is 0. The van der Waals surface area contributed by atoms with Gasteiger partial charge in [0.05, 0.1) is 16.8 Å². The summed E-state index contributed by atoms with van der Waals surface area (Å²) in [4.78, 5) is 19.6. The quantitative estimate of drug-likeness (QED) is 0.640. The van der Waals surface area contributed by atoms with Crippen LogP contribution < -0.4 is 11.1 Å². The molecule has 0 saturated heterocycles. The van der Waals surface area contributed by atoms with Crippen molar-refractivity contribution >= 4 is 34.2 Å². The van der Waals surface area contributed by atoms with E-state index in [-0.39, 0.29) is 5.91 Å². The zero-order chi connectivity index (χ0) is 18.0. The van der Waals surface area contributed by atoms with E-state index in [0.717, 1.165) is 22.2 Å². The highest BCUT2D eigenvalue weighted by atomic mass is 35.5. The van der Waals surface area contributed by atoms with Crippen LogP contribution in [-0.2, 0) is 4.79 Å². The fourth-order valence-electron chi connectivity index (χ4n) is 2.84. The fraction of sp³-hybridized carbons (Fsp3) is 0.263. The summed E-state index contributed by atoms with van der Waals surface area (Å²) in [6.45, 7) is 4.07. The molecule has 0 radical (unpaired) electrons. The number of H-pyrrole nitrogens is 1. The zero-order valence-corrected chi connectivity index (χ0v) is 15.0. The minimum atomic E-state index is -0.546. The number of rotatable bonds is 5. The highest BCUT2D eigenvalue weighted by Crippen LogP contribution is 2.32. The van der Waals surface area contributed by atoms with Gasteiger partial charge >= 0.3 is 0 Å². The number of aromatic nitrogens is 2. The molecular weight excluding hydrogens is 336 g/mol. The molecule has 0 aliphatic heterocycles. The molecule has 0 fully saturated rings. The Kier molecular flexibility index (Phi) is 5.06. The van der Waals surface area contributed by atoms with Gasteiger partial charge in [0, 0.05) is 17.8 Å². The molecule has 0 unspecified atom stereocenters. The first-order chi connectivity index (χ1) is 12.0. The Morgan fingerprint density at radius 3 is 2.84 bits per heavy atom. The molecule has 4 N–H and O–H groups in total. The number of amides is 1. The molecule has 25 heavy (non-hydrogen) atoms. The standard InChI is InChI=1S/C19H21ClN4O/c1-11(2)9-16(21)19(25)24-17-4-3-12(10-15(17)20)13-5-7-22-18-14(13)6-8-23-18/h3-8,10-11,16H,9,21H2,1-2H3,(H,22,23)(H,24,25)/t16-/m1/s1. The van der Waals surface area contributed by atoms with Crippen LogP contribution in [0.25, 0.3) is 22.2 Å². The van der Waals surface area contributed by atoms with Gasteiger partial charge in [-0.1, -0.05) is 31.5 Å². The van der Waals surface area contributed by atoms with Crippen LogP contribution >= 0.6 is 11.6 Å². The highest BCUT2D eigenvalue weighted by molar-refractivity contribution is 6.34. The van der Waals surface area contributed by atoms with Crippen LogP contribution in [0.3, 0.4) is 0 Å². The van der Waals surface area contributed by atoms with Gasteiger partial charge in [-0.05, 0) is 47.7 Å². The van der Waals surface area contributed by atoms with E-state index in [9.17, 15) is 4.79 Å². The third kappa shape index (κ3) is 3.83. The number of carbonyl (C=O) groups excluding carboxylic acids is 1. The minimum Gasteiger partial charge on any atom is -0.346 e. The minimum absolute atomic E-state index is 0.222. The number of hydrogen-bond acceptors (Lipinski definition) is 3. The maximum atomic E-state index is 12.2. The van der Waals surface area contributed by atoms with Crippen molar-refractivity contribution in [3.63, 3.8) is 0 Å². The van der Waals surface area contributed by atoms with Gasteiger partial charge in [0.1, 0.15) is 5.65 Å². The second-order valence-corrected chi connectivity index (χ2v) is 6.93. The number of nitrogens with zero attached hydrogens (tertiary/aromatic N) is 1. The van der Waals surface area contributed by atoms with Crippen molar-refractivity contribution in [2.75, 3.05) is 5.32 Å². The molecule has 1 aromatic carbocycles. The van der Waals surface area contributed by atoms with E-state index in [2.05, 4.69) is 15.3 Å². The zero-order valence-electron chi connectivity index (χ0n) is 14.2. The molecule has 1 amide bonds. The number of benzene rings is 1. The van der Waals surface area contributed by atoms with Crippen molar-refractivity contribution in [1.82, 2.24) is 9.97 Å². The Bertz CT molecular complexity index is 903. The third-order valence-electron chi connectivity index (χ3n) is 4.06. The normalized spacial score (nSPS) is 12.5. The molecular formula is C19H21ClN4O. The highest BCUT2D eigenvalue weighted by Gasteiger charge is 2.16. The summed E-state index contributed by atoms with van der Waals surface area (Å²) in [6.07, 6.45) is 4.24. The topological polar surface area (TPSA) is 83.8 Å². The molecule has 130 valence electrons. The lowest BCUT2D eigenvalue weighted by Gasteiger charge is -2.15. The number of fused-ring (bicyclic) bond motifs is 1. The molecule has 3 aromatic rings. The lowest BCUT2D eigenvalue weighted by molar-refractivity contribution is -0.117. The molecule has 0 saturated carbocycles. The van der Waals surface area contributed by atoms with E-state index in [1.807, 2.05) is 44.3 Å². The molecule has 0 aliphatic carbocycles. The van der Waals surface area contributed by atoms with Gasteiger partial charge in [0.2, 0.25) is 5.91 Å². The van der Waals surface area contributed by atoms with E-state index in [1.54, 1.807) is 12.3 Å². The summed E-state index contributed by atoms with van der Waals surface area (Å²) in [6, 6.07) is 8.95. The van der Waals surface area contributed by atoms with Gasteiger partial charge in [-0.2, -0.15) is 0 Å². The maximum absolute atomic E-state index is 12.2. The Balaban J connectivity index is 1.84. The predicted molar refractivity (Wildman–Crippen MR) is 103 cm³/mol. The first-order valence-electron chi connectivity index (χ1n) is 8.24. The average Bonchev–Trinajstić information content (AvgIpc) is 3.04. The summed E-state index contributed by atoms with van der Waals surface area (Å²) >= 11 is 6.38. The molecule has 5 nitrogen and oxygen atoms in total. The summed E-state index contributed by atoms with van der Waals surface area (Å²) in [5.41, 5.74) is 9.30. The van der Waals surface area contributed by atoms with Crippen LogP contribution in [0.2, 0.25) is 5.02 Å². The number of carbonyl (C=O) groups is 1. The van der Waals surface area contributed by atoms with Crippen LogP contribution in [0.1, 0.15) is 20.3 Å². The van der Waals surface area contributed by atoms with Gasteiger partial charge in [-0.25, -0.2) is 4.98 Å². The number of nitrogens with two attached hydrogens (primary N) is 1. The van der Waals surface area contributed by atoms with Crippen LogP contribution in [0.15, 0.2) is 42.7 Å². The van der Waals surface area contributed by atoms with Crippen molar-refractivity contribution in [1.29, 1.82) is 0 Å². The Labute approximate surface area is 151 Å². The van der Waals surface area contributed by atoms with Crippen molar-refractivity contribution in [3.8, 4) is 11.1 Å². The number of nitrogens with one attached hydrogen (secondary N) is 2. The van der Waals surface area contributed by atoms with Gasteiger partial charge in [-0.3, -0.25) is 4.79 Å². The fourth-order valence-corrected chi connectivity index (χ4v) is 3.06. The number of pyridine rings is 1. The summed E-state index contributed by atoms with van der Waals surface area (Å²) in [5.74, 6) is 0.134. The second kappa shape index (κ2) is 7.25. The van der Waals surface area contributed by atoms with Crippen molar-refractivity contribution in [3.05, 3.63) is 47.7 Å². The van der Waals surface area contributed by atoms with Gasteiger partial charge in [-0.15, -0.1) is 0 Å². The molecule has 2 heterocycles. The van der Waals surface area contributed by atoms with Gasteiger partial charge in [0.15, 0.2) is 0 Å². The smallest absolute Gasteiger partial charge is 0.241 e. The lowest BCUT2D eigenvalue weighted by atomic mass is 10.0. The summed E-state index contributed by atoms with van der Waals surface area (Å²) in [5, 5.41) is 4.31. The second-order valence-electron chi connectivity index (χ2n) is 6.52. The molecule has 1 atom stereocenters. The van der Waals surface area contributed by atoms with E-state index in [1.165, 1.54) is 0 Å². The first-order valence-corrected chi connectivity index (χ1v) is 8.62. The van der Waals surface area contributed by atoms with E-state index in [0.29, 0.717) is 23.0 Å². The van der Waals surface area contributed by atoms with Crippen LogP contribution in [-0.4, -0.2) is 21.9 Å². The van der Waals surface area contributed by atoms with Crippen LogP contribution in [0.4, 0.5) is 5.69 Å². The number of hydrogen-bond donors (Lipinski definition) is 3. The Morgan fingerprint density at radius 2 is 2.12 bits per heavy atom. The van der Waals surface area contributed by atoms with Gasteiger partial charge < -0.3 is 16.0 Å². The van der Waals surface area contributed by atoms with E-state index < -0.39 is 6.04 Å². The maximum Gasteiger partial charge on any atom is 0.241 e. The van der Waals surface area contributed by atoms with Crippen LogP contribution in [0, 0.1) is 5.92 Å².